The molecule has 0 saturated carbocycles. The van der Waals surface area contributed by atoms with Crippen molar-refractivity contribution in [1.29, 1.82) is 0 Å². The van der Waals surface area contributed by atoms with E-state index in [0.29, 0.717) is 12.5 Å². The van der Waals surface area contributed by atoms with E-state index in [4.69, 9.17) is 4.84 Å². The lowest BCUT2D eigenvalue weighted by atomic mass is 9.97. The Kier molecular flexibility index (Phi) is 4.63. The minimum atomic E-state index is 0.274. The summed E-state index contributed by atoms with van der Waals surface area (Å²) in [6.07, 6.45) is 0. The number of hydrogen-bond donors (Lipinski definition) is 1. The largest absolute Gasteiger partial charge is 0.301 e. The van der Waals surface area contributed by atoms with E-state index in [1.807, 2.05) is 13.0 Å². The summed E-state index contributed by atoms with van der Waals surface area (Å²) in [5, 5.41) is 0. The molecule has 0 bridgehead atoms. The summed E-state index contributed by atoms with van der Waals surface area (Å²) < 4.78 is 0. The van der Waals surface area contributed by atoms with E-state index >= 15 is 0 Å². The van der Waals surface area contributed by atoms with Crippen LogP contribution in [0.5, 0.6) is 0 Å². The molecule has 14 heavy (non-hydrogen) atoms. The summed E-state index contributed by atoms with van der Waals surface area (Å²) in [7, 11) is 0. The Morgan fingerprint density at radius 2 is 1.86 bits per heavy atom. The van der Waals surface area contributed by atoms with Crippen LogP contribution < -0.4 is 5.48 Å². The quantitative estimate of drug-likeness (QED) is 0.726. The summed E-state index contributed by atoms with van der Waals surface area (Å²) >= 11 is 0. The first kappa shape index (κ1) is 11.2. The zero-order valence-corrected chi connectivity index (χ0v) is 9.16. The summed E-state index contributed by atoms with van der Waals surface area (Å²) in [4.78, 5) is 5.26. The molecule has 1 unspecified atom stereocenters. The summed E-state index contributed by atoms with van der Waals surface area (Å²) in [6.45, 7) is 7.04. The van der Waals surface area contributed by atoms with Crippen LogP contribution in [0.4, 0.5) is 0 Å². The van der Waals surface area contributed by atoms with E-state index in [0.717, 1.165) is 0 Å². The van der Waals surface area contributed by atoms with Crippen LogP contribution in [0, 0.1) is 5.92 Å². The van der Waals surface area contributed by atoms with Gasteiger partial charge in [0.25, 0.3) is 0 Å². The molecule has 1 atom stereocenters. The van der Waals surface area contributed by atoms with Crippen LogP contribution in [0.25, 0.3) is 0 Å². The van der Waals surface area contributed by atoms with Gasteiger partial charge in [-0.05, 0) is 18.4 Å². The Bertz CT molecular complexity index is 246. The van der Waals surface area contributed by atoms with Gasteiger partial charge in [-0.25, -0.2) is 0 Å². The first-order chi connectivity index (χ1) is 6.75. The number of benzene rings is 1. The molecule has 0 saturated heterocycles. The van der Waals surface area contributed by atoms with Gasteiger partial charge in [-0.2, -0.15) is 5.48 Å². The fourth-order valence-corrected chi connectivity index (χ4v) is 1.42. The second-order valence-corrected chi connectivity index (χ2v) is 3.68. The molecule has 0 heterocycles. The first-order valence-electron chi connectivity index (χ1n) is 5.18. The predicted octanol–water partition coefficient (Wildman–Crippen LogP) is 2.92. The Balaban J connectivity index is 2.68. The van der Waals surface area contributed by atoms with Gasteiger partial charge in [-0.1, -0.05) is 44.2 Å². The van der Waals surface area contributed by atoms with Crippen LogP contribution in [0.15, 0.2) is 30.3 Å². The second-order valence-electron chi connectivity index (χ2n) is 3.68. The number of hydrogen-bond acceptors (Lipinski definition) is 2. The molecule has 0 amide bonds. The smallest absolute Gasteiger partial charge is 0.0654 e. The van der Waals surface area contributed by atoms with Gasteiger partial charge < -0.3 is 4.84 Å². The monoisotopic (exact) mass is 193 g/mol. The lowest BCUT2D eigenvalue weighted by molar-refractivity contribution is 0.0121. The fraction of sp³-hybridized carbons (Fsp3) is 0.500. The van der Waals surface area contributed by atoms with Gasteiger partial charge in [0.15, 0.2) is 0 Å². The van der Waals surface area contributed by atoms with Crippen LogP contribution in [-0.4, -0.2) is 6.61 Å². The van der Waals surface area contributed by atoms with Crippen molar-refractivity contribution in [1.82, 2.24) is 5.48 Å². The highest BCUT2D eigenvalue weighted by molar-refractivity contribution is 5.18. The lowest BCUT2D eigenvalue weighted by Gasteiger charge is -2.21. The second kappa shape index (κ2) is 5.78. The molecule has 1 aromatic rings. The normalized spacial score (nSPS) is 13.1. The average Bonchev–Trinajstić information content (AvgIpc) is 2.19. The van der Waals surface area contributed by atoms with Crippen LogP contribution in [0.2, 0.25) is 0 Å². The molecule has 0 aliphatic heterocycles. The van der Waals surface area contributed by atoms with E-state index in [1.54, 1.807) is 0 Å². The van der Waals surface area contributed by atoms with Gasteiger partial charge >= 0.3 is 0 Å². The van der Waals surface area contributed by atoms with E-state index in [9.17, 15) is 0 Å². The first-order valence-corrected chi connectivity index (χ1v) is 5.18. The molecule has 0 spiro atoms. The highest BCUT2D eigenvalue weighted by atomic mass is 16.6. The minimum absolute atomic E-state index is 0.274. The zero-order valence-electron chi connectivity index (χ0n) is 9.16. The maximum atomic E-state index is 5.26. The van der Waals surface area contributed by atoms with Crippen molar-refractivity contribution in [2.75, 3.05) is 6.61 Å². The fourth-order valence-electron chi connectivity index (χ4n) is 1.42. The molecule has 0 fully saturated rings. The predicted molar refractivity (Wildman–Crippen MR) is 58.8 cm³/mol. The average molecular weight is 193 g/mol. The van der Waals surface area contributed by atoms with Crippen molar-refractivity contribution < 1.29 is 4.84 Å². The Labute approximate surface area is 86.2 Å². The van der Waals surface area contributed by atoms with Crippen molar-refractivity contribution in [2.24, 2.45) is 5.92 Å². The van der Waals surface area contributed by atoms with Crippen molar-refractivity contribution in [2.45, 2.75) is 26.8 Å². The SMILES string of the molecule is CCONC(c1ccccc1)C(C)C. The standard InChI is InChI=1S/C12H19NO/c1-4-14-13-12(10(2)3)11-8-6-5-7-9-11/h5-10,12-13H,4H2,1-3H3. The molecule has 0 aliphatic rings. The third-order valence-electron chi connectivity index (χ3n) is 2.18. The van der Waals surface area contributed by atoms with Crippen LogP contribution in [0.3, 0.4) is 0 Å². The van der Waals surface area contributed by atoms with Crippen molar-refractivity contribution >= 4 is 0 Å². The van der Waals surface area contributed by atoms with E-state index in [1.165, 1.54) is 5.56 Å². The molecular formula is C12H19NO. The van der Waals surface area contributed by atoms with E-state index in [2.05, 4.69) is 43.6 Å². The van der Waals surface area contributed by atoms with Gasteiger partial charge in [-0.3, -0.25) is 0 Å². The molecule has 2 heteroatoms. The molecule has 2 nitrogen and oxygen atoms in total. The molecule has 1 aromatic carbocycles. The number of nitrogens with one attached hydrogen (secondary N) is 1. The number of rotatable bonds is 5. The van der Waals surface area contributed by atoms with E-state index in [-0.39, 0.29) is 6.04 Å². The highest BCUT2D eigenvalue weighted by Gasteiger charge is 2.14. The Morgan fingerprint density at radius 1 is 1.21 bits per heavy atom. The summed E-state index contributed by atoms with van der Waals surface area (Å²) in [5.41, 5.74) is 4.36. The molecule has 1 N–H and O–H groups in total. The molecule has 0 aromatic heterocycles. The van der Waals surface area contributed by atoms with Crippen LogP contribution in [-0.2, 0) is 4.84 Å². The van der Waals surface area contributed by atoms with E-state index < -0.39 is 0 Å². The molecule has 1 rings (SSSR count). The topological polar surface area (TPSA) is 21.3 Å². The van der Waals surface area contributed by atoms with Gasteiger partial charge in [0.1, 0.15) is 0 Å². The number of hydroxylamine groups is 1. The van der Waals surface area contributed by atoms with Gasteiger partial charge in [-0.15, -0.1) is 0 Å². The molecular weight excluding hydrogens is 174 g/mol. The van der Waals surface area contributed by atoms with Crippen molar-refractivity contribution in [3.63, 3.8) is 0 Å². The molecule has 0 aliphatic carbocycles. The van der Waals surface area contributed by atoms with Crippen molar-refractivity contribution in [3.8, 4) is 0 Å². The highest BCUT2D eigenvalue weighted by Crippen LogP contribution is 2.20. The maximum Gasteiger partial charge on any atom is 0.0654 e. The lowest BCUT2D eigenvalue weighted by Crippen LogP contribution is -2.25. The van der Waals surface area contributed by atoms with Crippen LogP contribution >= 0.6 is 0 Å². The summed E-state index contributed by atoms with van der Waals surface area (Å²) in [6, 6.07) is 10.7. The van der Waals surface area contributed by atoms with Crippen LogP contribution in [0.1, 0.15) is 32.4 Å². The Morgan fingerprint density at radius 3 is 2.36 bits per heavy atom. The summed E-state index contributed by atoms with van der Waals surface area (Å²) in [5.74, 6) is 0.518. The maximum absolute atomic E-state index is 5.26. The van der Waals surface area contributed by atoms with Gasteiger partial charge in [0.05, 0.1) is 12.6 Å². The minimum Gasteiger partial charge on any atom is -0.301 e. The van der Waals surface area contributed by atoms with Gasteiger partial charge in [0.2, 0.25) is 0 Å². The Hall–Kier alpha value is -0.860. The van der Waals surface area contributed by atoms with Gasteiger partial charge in [0, 0.05) is 0 Å². The van der Waals surface area contributed by atoms with Crippen molar-refractivity contribution in [3.05, 3.63) is 35.9 Å². The molecule has 0 radical (unpaired) electrons. The third-order valence-corrected chi connectivity index (χ3v) is 2.18. The third kappa shape index (κ3) is 3.13. The molecule has 78 valence electrons. The zero-order chi connectivity index (χ0) is 10.4.